The molecule has 0 amide bonds. The Labute approximate surface area is 158 Å². The van der Waals surface area contributed by atoms with Crippen molar-refractivity contribution in [1.82, 2.24) is 5.32 Å². The van der Waals surface area contributed by atoms with Crippen LogP contribution in [-0.4, -0.2) is 19.8 Å². The lowest BCUT2D eigenvalue weighted by Gasteiger charge is -2.22. The molecule has 1 unspecified atom stereocenters. The van der Waals surface area contributed by atoms with Crippen LogP contribution in [0.4, 0.5) is 0 Å². The van der Waals surface area contributed by atoms with Gasteiger partial charge in [0.2, 0.25) is 0 Å². The van der Waals surface area contributed by atoms with Gasteiger partial charge in [0.05, 0.1) is 7.11 Å². The van der Waals surface area contributed by atoms with E-state index in [1.165, 1.54) is 16.2 Å². The van der Waals surface area contributed by atoms with E-state index < -0.39 is 7.92 Å². The van der Waals surface area contributed by atoms with Crippen molar-refractivity contribution in [2.45, 2.75) is 13.0 Å². The Balaban J connectivity index is 1.75. The van der Waals surface area contributed by atoms with Crippen LogP contribution in [0.25, 0.3) is 0 Å². The Hall–Kier alpha value is -2.15. The van der Waals surface area contributed by atoms with Crippen molar-refractivity contribution < 1.29 is 4.74 Å². The molecule has 26 heavy (non-hydrogen) atoms. The third-order valence-corrected chi connectivity index (χ3v) is 7.07. The SMILES string of the molecule is COc1ccccc1P(CCN[C@H](C)c1ccccc1)c1ccccc1. The molecule has 0 radical (unpaired) electrons. The fourth-order valence-corrected chi connectivity index (χ4v) is 5.46. The van der Waals surface area contributed by atoms with E-state index in [1.54, 1.807) is 7.11 Å². The fraction of sp³-hybridized carbons (Fsp3) is 0.217. The summed E-state index contributed by atoms with van der Waals surface area (Å²) in [4.78, 5) is 0. The highest BCUT2D eigenvalue weighted by Gasteiger charge is 2.17. The van der Waals surface area contributed by atoms with Gasteiger partial charge in [0.25, 0.3) is 0 Å². The molecule has 0 bridgehead atoms. The highest BCUT2D eigenvalue weighted by Crippen LogP contribution is 2.36. The summed E-state index contributed by atoms with van der Waals surface area (Å²) < 4.78 is 5.64. The van der Waals surface area contributed by atoms with Crippen LogP contribution in [0.5, 0.6) is 5.75 Å². The minimum absolute atomic E-state index is 0.349. The first-order valence-electron chi connectivity index (χ1n) is 9.03. The zero-order valence-electron chi connectivity index (χ0n) is 15.4. The minimum atomic E-state index is -0.465. The predicted molar refractivity (Wildman–Crippen MR) is 113 cm³/mol. The van der Waals surface area contributed by atoms with E-state index in [0.717, 1.165) is 18.5 Å². The van der Waals surface area contributed by atoms with Gasteiger partial charge in [-0.15, -0.1) is 0 Å². The van der Waals surface area contributed by atoms with Crippen molar-refractivity contribution in [2.75, 3.05) is 19.8 Å². The van der Waals surface area contributed by atoms with Crippen LogP contribution in [0.1, 0.15) is 18.5 Å². The van der Waals surface area contributed by atoms with Gasteiger partial charge in [-0.1, -0.05) is 78.9 Å². The lowest BCUT2D eigenvalue weighted by Crippen LogP contribution is -2.25. The second-order valence-corrected chi connectivity index (χ2v) is 8.55. The summed E-state index contributed by atoms with van der Waals surface area (Å²) in [7, 11) is 1.29. The Bertz CT molecular complexity index is 792. The zero-order chi connectivity index (χ0) is 18.2. The van der Waals surface area contributed by atoms with Crippen molar-refractivity contribution in [3.63, 3.8) is 0 Å². The summed E-state index contributed by atoms with van der Waals surface area (Å²) >= 11 is 0. The lowest BCUT2D eigenvalue weighted by atomic mass is 10.1. The first-order valence-corrected chi connectivity index (χ1v) is 10.6. The molecule has 2 atom stereocenters. The van der Waals surface area contributed by atoms with Crippen molar-refractivity contribution >= 4 is 18.5 Å². The van der Waals surface area contributed by atoms with Crippen molar-refractivity contribution in [3.8, 4) is 5.75 Å². The molecular formula is C23H26NOP. The van der Waals surface area contributed by atoms with Gasteiger partial charge in [-0.2, -0.15) is 0 Å². The van der Waals surface area contributed by atoms with Gasteiger partial charge in [-0.05, 0) is 37.9 Å². The Morgan fingerprint density at radius 2 is 1.46 bits per heavy atom. The first kappa shape index (κ1) is 18.6. The van der Waals surface area contributed by atoms with Crippen LogP contribution in [0.15, 0.2) is 84.9 Å². The molecule has 3 aromatic carbocycles. The average Bonchev–Trinajstić information content (AvgIpc) is 2.72. The fourth-order valence-electron chi connectivity index (χ4n) is 3.10. The maximum Gasteiger partial charge on any atom is 0.126 e. The Kier molecular flexibility index (Phi) is 6.82. The smallest absolute Gasteiger partial charge is 0.126 e. The second kappa shape index (κ2) is 9.52. The molecule has 0 saturated heterocycles. The van der Waals surface area contributed by atoms with Gasteiger partial charge >= 0.3 is 0 Å². The summed E-state index contributed by atoms with van der Waals surface area (Å²) in [6, 6.07) is 30.2. The molecule has 3 aromatic rings. The van der Waals surface area contributed by atoms with Gasteiger partial charge in [-0.25, -0.2) is 0 Å². The number of para-hydroxylation sites is 1. The van der Waals surface area contributed by atoms with E-state index in [-0.39, 0.29) is 0 Å². The van der Waals surface area contributed by atoms with E-state index in [2.05, 4.69) is 91.1 Å². The van der Waals surface area contributed by atoms with Gasteiger partial charge in [0.1, 0.15) is 5.75 Å². The van der Waals surface area contributed by atoms with Crippen LogP contribution < -0.4 is 20.7 Å². The number of nitrogens with one attached hydrogen (secondary N) is 1. The third kappa shape index (κ3) is 4.72. The third-order valence-electron chi connectivity index (χ3n) is 4.53. The summed E-state index contributed by atoms with van der Waals surface area (Å²) in [5.74, 6) is 0.985. The van der Waals surface area contributed by atoms with Crippen molar-refractivity contribution in [2.24, 2.45) is 0 Å². The molecule has 0 spiro atoms. The number of rotatable bonds is 8. The molecule has 0 fully saturated rings. The zero-order valence-corrected chi connectivity index (χ0v) is 16.3. The Morgan fingerprint density at radius 1 is 0.846 bits per heavy atom. The topological polar surface area (TPSA) is 21.3 Å². The van der Waals surface area contributed by atoms with Gasteiger partial charge in [0.15, 0.2) is 0 Å². The van der Waals surface area contributed by atoms with E-state index in [4.69, 9.17) is 4.74 Å². The number of benzene rings is 3. The standard InChI is InChI=1S/C23H26NOP/c1-19(20-11-5-3-6-12-20)24-17-18-26(21-13-7-4-8-14-21)23-16-10-9-15-22(23)25-2/h3-16,19,24H,17-18H2,1-2H3/t19-,26?/m1/s1. The molecule has 2 nitrogen and oxygen atoms in total. The largest absolute Gasteiger partial charge is 0.496 e. The highest BCUT2D eigenvalue weighted by atomic mass is 31.1. The van der Waals surface area contributed by atoms with Crippen LogP contribution >= 0.6 is 7.92 Å². The molecule has 0 aliphatic carbocycles. The number of methoxy groups -OCH3 is 1. The average molecular weight is 363 g/mol. The summed E-state index contributed by atoms with van der Waals surface area (Å²) in [5.41, 5.74) is 1.33. The predicted octanol–water partition coefficient (Wildman–Crippen LogP) is 4.48. The van der Waals surface area contributed by atoms with Crippen molar-refractivity contribution in [3.05, 3.63) is 90.5 Å². The number of ether oxygens (including phenoxy) is 1. The molecule has 0 saturated carbocycles. The molecule has 0 aliphatic rings. The van der Waals surface area contributed by atoms with Gasteiger partial charge in [-0.3, -0.25) is 0 Å². The molecule has 1 N–H and O–H groups in total. The minimum Gasteiger partial charge on any atom is -0.496 e. The summed E-state index contributed by atoms with van der Waals surface area (Å²) in [6.07, 6.45) is 1.08. The lowest BCUT2D eigenvalue weighted by molar-refractivity contribution is 0.418. The maximum absolute atomic E-state index is 5.64. The van der Waals surface area contributed by atoms with Crippen LogP contribution in [0.2, 0.25) is 0 Å². The van der Waals surface area contributed by atoms with E-state index >= 15 is 0 Å². The maximum atomic E-state index is 5.64. The summed E-state index contributed by atoms with van der Waals surface area (Å²) in [5, 5.41) is 6.38. The summed E-state index contributed by atoms with van der Waals surface area (Å²) in [6.45, 7) is 3.19. The molecule has 0 aliphatic heterocycles. The molecule has 3 heteroatoms. The van der Waals surface area contributed by atoms with Crippen LogP contribution in [-0.2, 0) is 0 Å². The van der Waals surface area contributed by atoms with E-state index in [9.17, 15) is 0 Å². The normalized spacial score (nSPS) is 13.2. The molecular weight excluding hydrogens is 337 g/mol. The quantitative estimate of drug-likeness (QED) is 0.596. The first-order chi connectivity index (χ1) is 12.8. The second-order valence-electron chi connectivity index (χ2n) is 6.25. The number of hydrogen-bond acceptors (Lipinski definition) is 2. The monoisotopic (exact) mass is 363 g/mol. The Morgan fingerprint density at radius 3 is 2.15 bits per heavy atom. The molecule has 0 heterocycles. The van der Waals surface area contributed by atoms with Crippen molar-refractivity contribution in [1.29, 1.82) is 0 Å². The number of hydrogen-bond donors (Lipinski definition) is 1. The highest BCUT2D eigenvalue weighted by molar-refractivity contribution is 7.73. The van der Waals surface area contributed by atoms with E-state index in [1.807, 2.05) is 6.07 Å². The van der Waals surface area contributed by atoms with Gasteiger partial charge < -0.3 is 10.1 Å². The molecule has 134 valence electrons. The van der Waals surface area contributed by atoms with Crippen LogP contribution in [0, 0.1) is 0 Å². The van der Waals surface area contributed by atoms with Crippen LogP contribution in [0.3, 0.4) is 0 Å². The van der Waals surface area contributed by atoms with Gasteiger partial charge in [0, 0.05) is 17.9 Å². The molecule has 0 aromatic heterocycles. The van der Waals surface area contributed by atoms with E-state index in [0.29, 0.717) is 6.04 Å². The molecule has 3 rings (SSSR count).